The van der Waals surface area contributed by atoms with Gasteiger partial charge < -0.3 is 52.7 Å². The minimum Gasteiger partial charge on any atom is -0.463 e. The summed E-state index contributed by atoms with van der Waals surface area (Å²) < 4.78 is 56.5. The summed E-state index contributed by atoms with van der Waals surface area (Å²) in [5, 5.41) is 2.63. The van der Waals surface area contributed by atoms with Gasteiger partial charge in [-0.25, -0.2) is 0 Å². The Bertz CT molecular complexity index is 1140. The molecule has 2 aliphatic rings. The van der Waals surface area contributed by atoms with Crippen LogP contribution in [-0.2, 0) is 80.9 Å². The quantitative estimate of drug-likeness (QED) is 0.182. The molecule has 18 heteroatoms. The summed E-state index contributed by atoms with van der Waals surface area (Å²) in [6.45, 7) is 8.73. The Balaban J connectivity index is 2.71. The molecule has 2 rings (SSSR count). The number of rotatable bonds is 14. The number of nitrogens with one attached hydrogen (secondary N) is 1. The summed E-state index contributed by atoms with van der Waals surface area (Å²) in [5.74, 6) is -5.37. The van der Waals surface area contributed by atoms with Gasteiger partial charge in [-0.05, 0) is 6.42 Å². The monoisotopic (exact) mass is 677 g/mol. The third-order valence-corrected chi connectivity index (χ3v) is 6.49. The number of carbonyl (C=O) groups is 7. The Morgan fingerprint density at radius 2 is 1.00 bits per heavy atom. The average molecular weight is 678 g/mol. The van der Waals surface area contributed by atoms with Crippen LogP contribution in [0.15, 0.2) is 0 Å². The van der Waals surface area contributed by atoms with E-state index in [9.17, 15) is 33.6 Å². The molecule has 47 heavy (non-hydrogen) atoms. The van der Waals surface area contributed by atoms with E-state index >= 15 is 0 Å². The number of hydrogen-bond donors (Lipinski definition) is 1. The van der Waals surface area contributed by atoms with Crippen LogP contribution in [0.4, 0.5) is 0 Å². The van der Waals surface area contributed by atoms with Crippen molar-refractivity contribution >= 4 is 41.7 Å². The molecular formula is C29H43NO17. The van der Waals surface area contributed by atoms with Gasteiger partial charge in [-0.3, -0.25) is 33.6 Å². The predicted octanol–water partition coefficient (Wildman–Crippen LogP) is -0.394. The number of amides is 1. The fraction of sp³-hybridized carbons (Fsp3) is 0.759. The SMILES string of the molecule is CCCO[C@H]1O[C@H](COC(C)=O)[C@@H](O[C@@H]2O[C@H](COC(C)=O)[C@H](OC(C)=O)[C@H](OC(C)=O)[C@H]2OC(C)=O)[C@H](OC(C)=O)[C@@H]1NC(C)=O. The predicted molar refractivity (Wildman–Crippen MR) is 152 cm³/mol. The standard InChI is InChI=1S/C29H43NO17/c1-9-10-38-28-22(30-13(2)31)25(42-17(6)35)23(20(45-28)11-39-14(3)32)47-29-27(44-19(8)37)26(43-18(7)36)24(41-16(5)34)21(46-29)12-40-15(4)33/h20-29H,9-12H2,1-8H3,(H,30,31)/t20-,21-,22+,23-,24+,25-,26+,27-,28+,29+/m1/s1. The van der Waals surface area contributed by atoms with E-state index in [1.165, 1.54) is 6.92 Å². The van der Waals surface area contributed by atoms with Crippen molar-refractivity contribution in [1.82, 2.24) is 5.32 Å². The molecule has 2 aliphatic heterocycles. The second-order valence-corrected chi connectivity index (χ2v) is 10.7. The van der Waals surface area contributed by atoms with E-state index in [1.807, 2.05) is 6.92 Å². The fourth-order valence-electron chi connectivity index (χ4n) is 4.95. The molecule has 1 amide bonds. The molecule has 0 aliphatic carbocycles. The summed E-state index contributed by atoms with van der Waals surface area (Å²) >= 11 is 0. The lowest BCUT2D eigenvalue weighted by molar-refractivity contribution is -0.350. The molecule has 10 atom stereocenters. The highest BCUT2D eigenvalue weighted by Gasteiger charge is 2.57. The molecule has 266 valence electrons. The second kappa shape index (κ2) is 18.5. The molecule has 18 nitrogen and oxygen atoms in total. The van der Waals surface area contributed by atoms with Crippen LogP contribution in [0.25, 0.3) is 0 Å². The maximum atomic E-state index is 12.4. The Labute approximate surface area is 271 Å². The van der Waals surface area contributed by atoms with Gasteiger partial charge in [-0.2, -0.15) is 0 Å². The Kier molecular flexibility index (Phi) is 15.4. The summed E-state index contributed by atoms with van der Waals surface area (Å²) in [7, 11) is 0. The van der Waals surface area contributed by atoms with Gasteiger partial charge in [0.25, 0.3) is 0 Å². The van der Waals surface area contributed by atoms with Gasteiger partial charge in [0, 0.05) is 55.1 Å². The van der Waals surface area contributed by atoms with E-state index in [4.69, 9.17) is 47.4 Å². The van der Waals surface area contributed by atoms with Crippen molar-refractivity contribution in [3.8, 4) is 0 Å². The van der Waals surface area contributed by atoms with E-state index in [0.29, 0.717) is 6.42 Å². The molecule has 2 saturated heterocycles. The zero-order valence-electron chi connectivity index (χ0n) is 27.5. The maximum absolute atomic E-state index is 12.4. The van der Waals surface area contributed by atoms with Crippen molar-refractivity contribution in [2.75, 3.05) is 19.8 Å². The minimum absolute atomic E-state index is 0.166. The summed E-state index contributed by atoms with van der Waals surface area (Å²) in [5.41, 5.74) is 0. The molecule has 1 N–H and O–H groups in total. The van der Waals surface area contributed by atoms with Gasteiger partial charge in [-0.15, -0.1) is 0 Å². The second-order valence-electron chi connectivity index (χ2n) is 10.7. The Morgan fingerprint density at radius 1 is 0.553 bits per heavy atom. The molecule has 0 aromatic carbocycles. The van der Waals surface area contributed by atoms with Gasteiger partial charge in [0.15, 0.2) is 37.0 Å². The van der Waals surface area contributed by atoms with Crippen LogP contribution in [0.5, 0.6) is 0 Å². The molecular weight excluding hydrogens is 634 g/mol. The summed E-state index contributed by atoms with van der Waals surface area (Å²) in [6, 6.07) is -1.19. The first-order valence-electron chi connectivity index (χ1n) is 14.8. The Hall–Kier alpha value is -3.87. The van der Waals surface area contributed by atoms with Crippen molar-refractivity contribution in [2.24, 2.45) is 0 Å². The van der Waals surface area contributed by atoms with E-state index in [-0.39, 0.29) is 6.61 Å². The van der Waals surface area contributed by atoms with Crippen LogP contribution in [0.3, 0.4) is 0 Å². The third-order valence-electron chi connectivity index (χ3n) is 6.49. The van der Waals surface area contributed by atoms with E-state index in [1.54, 1.807) is 0 Å². The number of carbonyl (C=O) groups excluding carboxylic acids is 7. The molecule has 0 bridgehead atoms. The van der Waals surface area contributed by atoms with E-state index < -0.39 is 116 Å². The largest absolute Gasteiger partial charge is 0.463 e. The van der Waals surface area contributed by atoms with E-state index in [0.717, 1.165) is 41.5 Å². The fourth-order valence-corrected chi connectivity index (χ4v) is 4.95. The molecule has 2 fully saturated rings. The molecule has 0 saturated carbocycles. The summed E-state index contributed by atoms with van der Waals surface area (Å²) in [4.78, 5) is 84.8. The van der Waals surface area contributed by atoms with Gasteiger partial charge in [0.2, 0.25) is 5.91 Å². The van der Waals surface area contributed by atoms with Gasteiger partial charge in [0.05, 0.1) is 0 Å². The van der Waals surface area contributed by atoms with Crippen molar-refractivity contribution < 1.29 is 80.9 Å². The van der Waals surface area contributed by atoms with Crippen LogP contribution in [0, 0.1) is 0 Å². The first-order chi connectivity index (χ1) is 22.0. The highest BCUT2D eigenvalue weighted by atomic mass is 16.8. The van der Waals surface area contributed by atoms with Crippen LogP contribution >= 0.6 is 0 Å². The zero-order chi connectivity index (χ0) is 35.4. The van der Waals surface area contributed by atoms with Gasteiger partial charge in [-0.1, -0.05) is 6.92 Å². The number of ether oxygens (including phenoxy) is 10. The lowest BCUT2D eigenvalue weighted by Gasteiger charge is -2.49. The third kappa shape index (κ3) is 12.3. The van der Waals surface area contributed by atoms with E-state index in [2.05, 4.69) is 5.32 Å². The first-order valence-corrected chi connectivity index (χ1v) is 14.8. The van der Waals surface area contributed by atoms with Crippen molar-refractivity contribution in [3.63, 3.8) is 0 Å². The van der Waals surface area contributed by atoms with Gasteiger partial charge in [0.1, 0.15) is 37.6 Å². The Morgan fingerprint density at radius 3 is 1.47 bits per heavy atom. The minimum atomic E-state index is -1.73. The number of esters is 6. The van der Waals surface area contributed by atoms with Crippen molar-refractivity contribution in [1.29, 1.82) is 0 Å². The highest BCUT2D eigenvalue weighted by molar-refractivity contribution is 5.73. The summed E-state index contributed by atoms with van der Waals surface area (Å²) in [6.07, 6.45) is -12.6. The van der Waals surface area contributed by atoms with Gasteiger partial charge >= 0.3 is 35.8 Å². The average Bonchev–Trinajstić information content (AvgIpc) is 2.94. The molecule has 0 unspecified atom stereocenters. The van der Waals surface area contributed by atoms with Crippen molar-refractivity contribution in [2.45, 2.75) is 123 Å². The normalized spacial score (nSPS) is 30.2. The smallest absolute Gasteiger partial charge is 0.303 e. The highest BCUT2D eigenvalue weighted by Crippen LogP contribution is 2.34. The molecule has 0 spiro atoms. The zero-order valence-corrected chi connectivity index (χ0v) is 27.5. The van der Waals surface area contributed by atoms with Crippen LogP contribution in [-0.4, -0.2) is 123 Å². The molecule has 0 radical (unpaired) electrons. The molecule has 0 aromatic heterocycles. The first kappa shape index (κ1) is 39.3. The number of hydrogen-bond acceptors (Lipinski definition) is 17. The van der Waals surface area contributed by atoms with Crippen LogP contribution in [0.1, 0.15) is 61.8 Å². The molecule has 2 heterocycles. The lowest BCUT2D eigenvalue weighted by Crippen LogP contribution is -2.69. The molecule has 0 aromatic rings. The maximum Gasteiger partial charge on any atom is 0.303 e. The van der Waals surface area contributed by atoms with Crippen LogP contribution < -0.4 is 5.32 Å². The topological polar surface area (TPSA) is 224 Å². The van der Waals surface area contributed by atoms with Crippen LogP contribution in [0.2, 0.25) is 0 Å². The van der Waals surface area contributed by atoms with Crippen molar-refractivity contribution in [3.05, 3.63) is 0 Å². The lowest BCUT2D eigenvalue weighted by atomic mass is 9.94.